The third-order valence-corrected chi connectivity index (χ3v) is 5.37. The molecule has 3 rings (SSSR count). The molecule has 6 nitrogen and oxygen atoms in total. The molecule has 1 aliphatic heterocycles. The highest BCUT2D eigenvalue weighted by molar-refractivity contribution is 7.11. The lowest BCUT2D eigenvalue weighted by atomic mass is 10.1. The van der Waals surface area contributed by atoms with E-state index in [1.807, 2.05) is 18.3 Å². The van der Waals surface area contributed by atoms with Gasteiger partial charge in [0.25, 0.3) is 0 Å². The summed E-state index contributed by atoms with van der Waals surface area (Å²) in [4.78, 5) is 9.95. The lowest BCUT2D eigenvalue weighted by Gasteiger charge is -2.20. The molecule has 8 heteroatoms. The minimum absolute atomic E-state index is 0.536. The van der Waals surface area contributed by atoms with E-state index in [9.17, 15) is 0 Å². The van der Waals surface area contributed by atoms with Crippen molar-refractivity contribution in [2.45, 2.75) is 26.3 Å². The largest absolute Gasteiger partial charge is 0.486 e. The monoisotopic (exact) mass is 394 g/mol. The number of nitrogens with one attached hydrogen (secondary N) is 2. The van der Waals surface area contributed by atoms with Crippen molar-refractivity contribution in [2.75, 3.05) is 26.8 Å². The summed E-state index contributed by atoms with van der Waals surface area (Å²) >= 11 is 8.00. The third-order valence-electron chi connectivity index (χ3n) is 3.94. The standard InChI is InChI=1S/C18H23ClN4O2S/c1-3-13-10-22-16(26-13)11-23-18(20-2)21-5-4-12-8-14(19)17-15(9-12)24-6-7-25-17/h8-10H,3-7,11H2,1-2H3,(H2,20,21,23). The van der Waals surface area contributed by atoms with Crippen LogP contribution in [0.5, 0.6) is 11.5 Å². The van der Waals surface area contributed by atoms with Crippen molar-refractivity contribution in [2.24, 2.45) is 4.99 Å². The van der Waals surface area contributed by atoms with Gasteiger partial charge in [0.1, 0.15) is 18.2 Å². The number of halogens is 1. The van der Waals surface area contributed by atoms with Gasteiger partial charge in [-0.2, -0.15) is 0 Å². The number of nitrogens with zero attached hydrogens (tertiary/aromatic N) is 2. The number of guanidine groups is 1. The molecular weight excluding hydrogens is 372 g/mol. The second-order valence-electron chi connectivity index (χ2n) is 5.78. The lowest BCUT2D eigenvalue weighted by Crippen LogP contribution is -2.37. The molecule has 26 heavy (non-hydrogen) atoms. The second kappa shape index (κ2) is 9.09. The molecule has 0 bridgehead atoms. The van der Waals surface area contributed by atoms with Crippen molar-refractivity contribution in [3.05, 3.63) is 38.8 Å². The fourth-order valence-electron chi connectivity index (χ4n) is 2.61. The molecule has 0 radical (unpaired) electrons. The maximum Gasteiger partial charge on any atom is 0.191 e. The fourth-order valence-corrected chi connectivity index (χ4v) is 3.70. The van der Waals surface area contributed by atoms with E-state index < -0.39 is 0 Å². The van der Waals surface area contributed by atoms with Gasteiger partial charge in [0.2, 0.25) is 0 Å². The summed E-state index contributed by atoms with van der Waals surface area (Å²) in [5.74, 6) is 2.11. The summed E-state index contributed by atoms with van der Waals surface area (Å²) in [7, 11) is 1.76. The number of aryl methyl sites for hydroxylation is 1. The Bertz CT molecular complexity index is 779. The van der Waals surface area contributed by atoms with Crippen LogP contribution < -0.4 is 20.1 Å². The van der Waals surface area contributed by atoms with Crippen molar-refractivity contribution in [3.63, 3.8) is 0 Å². The number of aromatic nitrogens is 1. The molecule has 2 heterocycles. The summed E-state index contributed by atoms with van der Waals surface area (Å²) in [5.41, 5.74) is 1.09. The molecule has 1 aromatic heterocycles. The molecule has 0 atom stereocenters. The number of hydrogen-bond acceptors (Lipinski definition) is 5. The van der Waals surface area contributed by atoms with E-state index in [2.05, 4.69) is 27.5 Å². The van der Waals surface area contributed by atoms with Crippen LogP contribution in [0.15, 0.2) is 23.3 Å². The van der Waals surface area contributed by atoms with Gasteiger partial charge in [0, 0.05) is 24.7 Å². The van der Waals surface area contributed by atoms with Gasteiger partial charge >= 0.3 is 0 Å². The Morgan fingerprint density at radius 1 is 1.31 bits per heavy atom. The number of fused-ring (bicyclic) bond motifs is 1. The number of rotatable bonds is 6. The van der Waals surface area contributed by atoms with Crippen LogP contribution in [0.25, 0.3) is 0 Å². The van der Waals surface area contributed by atoms with Crippen LogP contribution in [0.2, 0.25) is 5.02 Å². The third kappa shape index (κ3) is 4.80. The lowest BCUT2D eigenvalue weighted by molar-refractivity contribution is 0.171. The summed E-state index contributed by atoms with van der Waals surface area (Å²) in [5, 5.41) is 8.25. The second-order valence-corrected chi connectivity index (χ2v) is 7.39. The molecule has 1 aliphatic rings. The van der Waals surface area contributed by atoms with E-state index in [0.29, 0.717) is 30.5 Å². The minimum Gasteiger partial charge on any atom is -0.486 e. The molecule has 0 saturated carbocycles. The molecule has 2 N–H and O–H groups in total. The van der Waals surface area contributed by atoms with E-state index in [1.165, 1.54) is 4.88 Å². The van der Waals surface area contributed by atoms with Gasteiger partial charge in [-0.15, -0.1) is 11.3 Å². The normalized spacial score (nSPS) is 13.6. The van der Waals surface area contributed by atoms with Crippen molar-refractivity contribution in [1.82, 2.24) is 15.6 Å². The summed E-state index contributed by atoms with van der Waals surface area (Å²) in [6.45, 7) is 4.62. The number of ether oxygens (including phenoxy) is 2. The first-order valence-electron chi connectivity index (χ1n) is 8.65. The Morgan fingerprint density at radius 2 is 2.15 bits per heavy atom. The predicted molar refractivity (Wildman–Crippen MR) is 106 cm³/mol. The maximum absolute atomic E-state index is 6.28. The zero-order chi connectivity index (χ0) is 18.4. The van der Waals surface area contributed by atoms with Gasteiger partial charge in [-0.1, -0.05) is 18.5 Å². The van der Waals surface area contributed by atoms with Crippen molar-refractivity contribution in [1.29, 1.82) is 0 Å². The topological polar surface area (TPSA) is 67.8 Å². The van der Waals surface area contributed by atoms with E-state index in [0.717, 1.165) is 41.7 Å². The van der Waals surface area contributed by atoms with Crippen molar-refractivity contribution in [3.8, 4) is 11.5 Å². The Labute approximate surface area is 162 Å². The van der Waals surface area contributed by atoms with E-state index in [4.69, 9.17) is 21.1 Å². The fraction of sp³-hybridized carbons (Fsp3) is 0.444. The van der Waals surface area contributed by atoms with E-state index in [-0.39, 0.29) is 0 Å². The molecular formula is C18H23ClN4O2S. The van der Waals surface area contributed by atoms with Gasteiger partial charge in [0.15, 0.2) is 17.5 Å². The highest BCUT2D eigenvalue weighted by Gasteiger charge is 2.16. The van der Waals surface area contributed by atoms with Gasteiger partial charge in [-0.05, 0) is 30.5 Å². The molecule has 140 valence electrons. The maximum atomic E-state index is 6.28. The average Bonchev–Trinajstić information content (AvgIpc) is 3.12. The minimum atomic E-state index is 0.536. The first-order valence-corrected chi connectivity index (χ1v) is 9.85. The van der Waals surface area contributed by atoms with E-state index in [1.54, 1.807) is 18.4 Å². The van der Waals surface area contributed by atoms with Crippen LogP contribution in [-0.4, -0.2) is 37.7 Å². The first-order chi connectivity index (χ1) is 12.7. The SMILES string of the molecule is CCc1cnc(CNC(=NC)NCCc2cc(Cl)c3c(c2)OCCO3)s1. The number of hydrogen-bond donors (Lipinski definition) is 2. The Hall–Kier alpha value is -1.99. The summed E-state index contributed by atoms with van der Waals surface area (Å²) in [6.07, 6.45) is 3.75. The number of benzene rings is 1. The van der Waals surface area contributed by atoms with Crippen molar-refractivity contribution >= 4 is 28.9 Å². The average molecular weight is 395 g/mol. The van der Waals surface area contributed by atoms with Crippen LogP contribution in [0.4, 0.5) is 0 Å². The summed E-state index contributed by atoms with van der Waals surface area (Å²) in [6, 6.07) is 3.91. The van der Waals surface area contributed by atoms with Gasteiger partial charge in [0.05, 0.1) is 11.6 Å². The Kier molecular flexibility index (Phi) is 6.57. The number of thiazole rings is 1. The van der Waals surface area contributed by atoms with Crippen LogP contribution in [0.1, 0.15) is 22.4 Å². The zero-order valence-electron chi connectivity index (χ0n) is 15.0. The molecule has 0 saturated heterocycles. The molecule has 2 aromatic rings. The van der Waals surface area contributed by atoms with Crippen molar-refractivity contribution < 1.29 is 9.47 Å². The predicted octanol–water partition coefficient (Wildman–Crippen LogP) is 3.04. The molecule has 0 aliphatic carbocycles. The Morgan fingerprint density at radius 3 is 2.92 bits per heavy atom. The summed E-state index contributed by atoms with van der Waals surface area (Å²) < 4.78 is 11.2. The van der Waals surface area contributed by atoms with Gasteiger partial charge in [-0.3, -0.25) is 4.99 Å². The molecule has 0 unspecified atom stereocenters. The quantitative estimate of drug-likeness (QED) is 0.582. The zero-order valence-corrected chi connectivity index (χ0v) is 16.5. The highest BCUT2D eigenvalue weighted by Crippen LogP contribution is 2.38. The van der Waals surface area contributed by atoms with Crippen LogP contribution in [-0.2, 0) is 19.4 Å². The Balaban J connectivity index is 1.49. The molecule has 1 aromatic carbocycles. The smallest absolute Gasteiger partial charge is 0.191 e. The van der Waals surface area contributed by atoms with Crippen LogP contribution in [0, 0.1) is 0 Å². The highest BCUT2D eigenvalue weighted by atomic mass is 35.5. The van der Waals surface area contributed by atoms with Gasteiger partial charge < -0.3 is 20.1 Å². The van der Waals surface area contributed by atoms with Crippen LogP contribution in [0.3, 0.4) is 0 Å². The molecule has 0 fully saturated rings. The molecule has 0 spiro atoms. The van der Waals surface area contributed by atoms with Gasteiger partial charge in [-0.25, -0.2) is 4.98 Å². The van der Waals surface area contributed by atoms with Crippen LogP contribution >= 0.6 is 22.9 Å². The first kappa shape index (κ1) is 18.8. The molecule has 0 amide bonds. The van der Waals surface area contributed by atoms with E-state index >= 15 is 0 Å². The number of aliphatic imine (C=N–C) groups is 1.